The topological polar surface area (TPSA) is 125 Å². The number of fused-ring (bicyclic) bond motifs is 1. The highest BCUT2D eigenvalue weighted by Gasteiger charge is 2.31. The summed E-state index contributed by atoms with van der Waals surface area (Å²) in [5.74, 6) is -0.325. The standard InChI is InChI=1S/C37H49N3O7S/c1-26-14-17-32(18-15-26)48(44,45)38-31-16-19-34-33(22-31)37(43)40(28(3)25-41)23-27(2)35(46-20-10-9-11-29(4)47-34)24-39(5)36(42)21-30-12-7-6-8-13-30/h6-8,12-19,22,27-29,35,38,41H,9-11,20-21,23-25H2,1-5H3/t27-,28-,29-,35-/m0/s1. The van der Waals surface area contributed by atoms with Crippen molar-refractivity contribution in [3.05, 3.63) is 89.5 Å². The van der Waals surface area contributed by atoms with Gasteiger partial charge in [-0.05, 0) is 75.9 Å². The Hall–Kier alpha value is -3.93. The second-order valence-electron chi connectivity index (χ2n) is 12.9. The maximum absolute atomic E-state index is 14.4. The molecule has 0 fully saturated rings. The van der Waals surface area contributed by atoms with Gasteiger partial charge in [-0.1, -0.05) is 55.0 Å². The molecule has 0 bridgehead atoms. The average molecular weight is 680 g/mol. The number of hydrogen-bond donors (Lipinski definition) is 2. The minimum absolute atomic E-state index is 0.0337. The zero-order valence-electron chi connectivity index (χ0n) is 28.6. The van der Waals surface area contributed by atoms with E-state index in [0.29, 0.717) is 25.3 Å². The number of aliphatic hydroxyl groups is 1. The lowest BCUT2D eigenvalue weighted by Gasteiger charge is -2.36. The lowest BCUT2D eigenvalue weighted by Crippen LogP contribution is -2.48. The molecule has 1 heterocycles. The summed E-state index contributed by atoms with van der Waals surface area (Å²) in [5.41, 5.74) is 2.26. The first-order chi connectivity index (χ1) is 22.9. The Bertz CT molecular complexity index is 1620. The second-order valence-corrected chi connectivity index (χ2v) is 14.5. The van der Waals surface area contributed by atoms with Gasteiger partial charge in [-0.3, -0.25) is 14.3 Å². The maximum atomic E-state index is 14.4. The number of anilines is 1. The van der Waals surface area contributed by atoms with Crippen LogP contribution in [0.25, 0.3) is 0 Å². The summed E-state index contributed by atoms with van der Waals surface area (Å²) in [6.07, 6.45) is 2.01. The van der Waals surface area contributed by atoms with Crippen LogP contribution in [0.4, 0.5) is 5.69 Å². The fraction of sp³-hybridized carbons (Fsp3) is 0.459. The molecule has 0 aromatic heterocycles. The van der Waals surface area contributed by atoms with Gasteiger partial charge >= 0.3 is 0 Å². The summed E-state index contributed by atoms with van der Waals surface area (Å²) in [5, 5.41) is 10.2. The number of nitrogens with one attached hydrogen (secondary N) is 1. The van der Waals surface area contributed by atoms with E-state index in [4.69, 9.17) is 9.47 Å². The highest BCUT2D eigenvalue weighted by atomic mass is 32.2. The SMILES string of the molecule is Cc1ccc(S(=O)(=O)Nc2ccc3c(c2)C(=O)N([C@@H](C)CO)C[C@H](C)[C@H](CN(C)C(=O)Cc2ccccc2)OCCCC[C@H](C)O3)cc1. The lowest BCUT2D eigenvalue weighted by molar-refractivity contribution is -0.131. The Labute approximate surface area is 285 Å². The molecule has 0 saturated heterocycles. The van der Waals surface area contributed by atoms with Crippen LogP contribution in [0, 0.1) is 12.8 Å². The number of amides is 2. The molecule has 1 aliphatic heterocycles. The number of nitrogens with zero attached hydrogens (tertiary/aromatic N) is 2. The molecule has 260 valence electrons. The van der Waals surface area contributed by atoms with Gasteiger partial charge in [-0.2, -0.15) is 0 Å². The summed E-state index contributed by atoms with van der Waals surface area (Å²) in [6.45, 7) is 8.31. The number of rotatable bonds is 9. The molecule has 10 nitrogen and oxygen atoms in total. The van der Waals surface area contributed by atoms with E-state index in [2.05, 4.69) is 4.72 Å². The maximum Gasteiger partial charge on any atom is 0.261 e. The molecule has 3 aromatic carbocycles. The summed E-state index contributed by atoms with van der Waals surface area (Å²) < 4.78 is 41.7. The molecular formula is C37H49N3O7S. The van der Waals surface area contributed by atoms with Gasteiger partial charge in [0, 0.05) is 38.3 Å². The van der Waals surface area contributed by atoms with Crippen molar-refractivity contribution < 1.29 is 32.6 Å². The predicted molar refractivity (Wildman–Crippen MR) is 187 cm³/mol. The molecule has 0 radical (unpaired) electrons. The van der Waals surface area contributed by atoms with E-state index < -0.39 is 22.0 Å². The molecule has 0 aliphatic carbocycles. The van der Waals surface area contributed by atoms with Gasteiger partial charge < -0.3 is 24.4 Å². The first-order valence-corrected chi connectivity index (χ1v) is 18.1. The first kappa shape index (κ1) is 36.9. The molecule has 2 amide bonds. The van der Waals surface area contributed by atoms with E-state index in [9.17, 15) is 23.1 Å². The molecule has 3 aromatic rings. The number of sulfonamides is 1. The fourth-order valence-corrected chi connectivity index (χ4v) is 6.71. The van der Waals surface area contributed by atoms with Crippen molar-refractivity contribution >= 4 is 27.5 Å². The van der Waals surface area contributed by atoms with Crippen LogP contribution in [-0.4, -0.2) is 86.7 Å². The number of carbonyl (C=O) groups is 2. The van der Waals surface area contributed by atoms with Crippen molar-refractivity contribution in [3.8, 4) is 5.75 Å². The largest absolute Gasteiger partial charge is 0.490 e. The van der Waals surface area contributed by atoms with E-state index in [1.54, 1.807) is 48.0 Å². The van der Waals surface area contributed by atoms with Gasteiger partial charge in [0.1, 0.15) is 5.75 Å². The summed E-state index contributed by atoms with van der Waals surface area (Å²) >= 11 is 0. The minimum Gasteiger partial charge on any atom is -0.490 e. The molecule has 2 N–H and O–H groups in total. The van der Waals surface area contributed by atoms with Crippen LogP contribution in [0.1, 0.15) is 61.5 Å². The summed E-state index contributed by atoms with van der Waals surface area (Å²) in [7, 11) is -2.16. The molecule has 11 heteroatoms. The van der Waals surface area contributed by atoms with Crippen molar-refractivity contribution in [3.63, 3.8) is 0 Å². The summed E-state index contributed by atoms with van der Waals surface area (Å²) in [4.78, 5) is 30.9. The Morgan fingerprint density at radius 2 is 1.77 bits per heavy atom. The first-order valence-electron chi connectivity index (χ1n) is 16.6. The van der Waals surface area contributed by atoms with Gasteiger partial charge in [-0.15, -0.1) is 0 Å². The Kier molecular flexibility index (Phi) is 13.0. The van der Waals surface area contributed by atoms with Crippen molar-refractivity contribution in [1.29, 1.82) is 0 Å². The molecule has 48 heavy (non-hydrogen) atoms. The highest BCUT2D eigenvalue weighted by Crippen LogP contribution is 2.29. The van der Waals surface area contributed by atoms with E-state index in [1.165, 1.54) is 18.2 Å². The smallest absolute Gasteiger partial charge is 0.261 e. The normalized spacial score (nSPS) is 20.2. The molecule has 0 saturated carbocycles. The fourth-order valence-electron chi connectivity index (χ4n) is 5.66. The van der Waals surface area contributed by atoms with Crippen LogP contribution < -0.4 is 9.46 Å². The molecule has 4 atom stereocenters. The average Bonchev–Trinajstić information content (AvgIpc) is 3.06. The minimum atomic E-state index is -3.93. The lowest BCUT2D eigenvalue weighted by atomic mass is 10.0. The molecule has 0 spiro atoms. The molecule has 4 rings (SSSR count). The Morgan fingerprint density at radius 3 is 2.46 bits per heavy atom. The third-order valence-electron chi connectivity index (χ3n) is 8.71. The quantitative estimate of drug-likeness (QED) is 0.315. The molecular weight excluding hydrogens is 630 g/mol. The highest BCUT2D eigenvalue weighted by molar-refractivity contribution is 7.92. The van der Waals surface area contributed by atoms with Crippen LogP contribution in [0.2, 0.25) is 0 Å². The number of ether oxygens (including phenoxy) is 2. The Balaban J connectivity index is 1.63. The number of aryl methyl sites for hydroxylation is 1. The van der Waals surface area contributed by atoms with Gasteiger partial charge in [0.25, 0.3) is 15.9 Å². The Morgan fingerprint density at radius 1 is 1.06 bits per heavy atom. The van der Waals surface area contributed by atoms with Crippen LogP contribution in [-0.2, 0) is 26.0 Å². The number of aliphatic hydroxyl groups excluding tert-OH is 1. The van der Waals surface area contributed by atoms with Gasteiger partial charge in [0.15, 0.2) is 0 Å². The third kappa shape index (κ3) is 10.0. The number of hydrogen-bond acceptors (Lipinski definition) is 7. The van der Waals surface area contributed by atoms with Gasteiger partial charge in [-0.25, -0.2) is 8.42 Å². The molecule has 0 unspecified atom stereocenters. The van der Waals surface area contributed by atoms with E-state index in [1.807, 2.05) is 51.1 Å². The van der Waals surface area contributed by atoms with Crippen molar-refractivity contribution in [1.82, 2.24) is 9.80 Å². The van der Waals surface area contributed by atoms with E-state index in [-0.39, 0.29) is 59.8 Å². The zero-order valence-corrected chi connectivity index (χ0v) is 29.4. The van der Waals surface area contributed by atoms with Crippen LogP contribution >= 0.6 is 0 Å². The van der Waals surface area contributed by atoms with Crippen molar-refractivity contribution in [2.45, 2.75) is 76.5 Å². The zero-order chi connectivity index (χ0) is 34.8. The van der Waals surface area contributed by atoms with Crippen molar-refractivity contribution in [2.24, 2.45) is 5.92 Å². The van der Waals surface area contributed by atoms with Gasteiger partial charge in [0.2, 0.25) is 5.91 Å². The predicted octanol–water partition coefficient (Wildman–Crippen LogP) is 5.29. The van der Waals surface area contributed by atoms with E-state index >= 15 is 0 Å². The monoisotopic (exact) mass is 679 g/mol. The van der Waals surface area contributed by atoms with E-state index in [0.717, 1.165) is 24.0 Å². The van der Waals surface area contributed by atoms with Crippen LogP contribution in [0.3, 0.4) is 0 Å². The number of likely N-dealkylation sites (N-methyl/N-ethyl adjacent to an activating group) is 1. The second kappa shape index (κ2) is 16.9. The molecule has 1 aliphatic rings. The van der Waals surface area contributed by atoms with Crippen LogP contribution in [0.5, 0.6) is 5.75 Å². The summed E-state index contributed by atoms with van der Waals surface area (Å²) in [6, 6.07) is 20.2. The number of benzene rings is 3. The van der Waals surface area contributed by atoms with Gasteiger partial charge in [0.05, 0.1) is 41.7 Å². The number of carbonyl (C=O) groups excluding carboxylic acids is 2. The van der Waals surface area contributed by atoms with Crippen LogP contribution in [0.15, 0.2) is 77.7 Å². The third-order valence-corrected chi connectivity index (χ3v) is 10.1. The van der Waals surface area contributed by atoms with Crippen molar-refractivity contribution in [2.75, 3.05) is 38.1 Å².